The summed E-state index contributed by atoms with van der Waals surface area (Å²) in [6.07, 6.45) is 3.02. The van der Waals surface area contributed by atoms with E-state index >= 15 is 0 Å². The first-order valence-electron chi connectivity index (χ1n) is 10.8. The molecular weight excluding hydrogens is 397 g/mol. The van der Waals surface area contributed by atoms with Gasteiger partial charge in [-0.15, -0.1) is 0 Å². The van der Waals surface area contributed by atoms with Gasteiger partial charge in [-0.25, -0.2) is 9.18 Å². The minimum absolute atomic E-state index is 0.261. The van der Waals surface area contributed by atoms with E-state index < -0.39 is 11.6 Å². The molecule has 2 fully saturated rings. The maximum atomic E-state index is 13.2. The molecule has 1 saturated carbocycles. The number of benzene rings is 1. The van der Waals surface area contributed by atoms with Crippen LogP contribution in [0.15, 0.2) is 30.3 Å². The average molecular weight is 426 g/mol. The minimum Gasteiger partial charge on any atom is -0.344 e. The van der Waals surface area contributed by atoms with Crippen LogP contribution >= 0.6 is 0 Å². The van der Waals surface area contributed by atoms with Crippen molar-refractivity contribution in [1.29, 1.82) is 0 Å². The van der Waals surface area contributed by atoms with Crippen LogP contribution < -0.4 is 5.32 Å². The number of aryl methyl sites for hydroxylation is 1. The Morgan fingerprint density at radius 3 is 2.45 bits per heavy atom. The van der Waals surface area contributed by atoms with Crippen molar-refractivity contribution in [2.75, 3.05) is 6.54 Å². The molecule has 3 amide bonds. The summed E-state index contributed by atoms with van der Waals surface area (Å²) in [5.41, 5.74) is 2.23. The standard InChI is InChI=1S/C24H28FN3O3/c1-15-8-10-24(11-9-15)22(30)28(23(31)26-24)14-21(29)20-12-16(2)27(17(20)3)13-18-4-6-19(25)7-5-18/h4-7,12,15H,8-11,13-14H2,1-3H3,(H,26,31). The topological polar surface area (TPSA) is 71.4 Å². The number of imide groups is 1. The van der Waals surface area contributed by atoms with E-state index in [0.717, 1.165) is 34.7 Å². The Morgan fingerprint density at radius 2 is 1.81 bits per heavy atom. The molecule has 0 radical (unpaired) electrons. The zero-order valence-electron chi connectivity index (χ0n) is 18.2. The number of nitrogens with zero attached hydrogens (tertiary/aromatic N) is 2. The second-order valence-electron chi connectivity index (χ2n) is 9.01. The molecule has 1 aliphatic carbocycles. The van der Waals surface area contributed by atoms with Gasteiger partial charge >= 0.3 is 6.03 Å². The Morgan fingerprint density at radius 1 is 1.16 bits per heavy atom. The van der Waals surface area contributed by atoms with Crippen molar-refractivity contribution in [2.24, 2.45) is 5.92 Å². The molecule has 2 aliphatic rings. The second-order valence-corrected chi connectivity index (χ2v) is 9.01. The van der Waals surface area contributed by atoms with Crippen molar-refractivity contribution >= 4 is 17.7 Å². The molecule has 1 N–H and O–H groups in total. The lowest BCUT2D eigenvalue weighted by Gasteiger charge is -2.33. The van der Waals surface area contributed by atoms with Crippen LogP contribution in [0, 0.1) is 25.6 Å². The Bertz CT molecular complexity index is 1030. The molecule has 0 atom stereocenters. The van der Waals surface area contributed by atoms with Crippen LogP contribution in [0.2, 0.25) is 0 Å². The fraction of sp³-hybridized carbons (Fsp3) is 0.458. The van der Waals surface area contributed by atoms with Gasteiger partial charge in [0, 0.05) is 23.5 Å². The minimum atomic E-state index is -0.844. The highest BCUT2D eigenvalue weighted by molar-refractivity contribution is 6.11. The number of halogens is 1. The van der Waals surface area contributed by atoms with Crippen LogP contribution in [0.1, 0.15) is 59.9 Å². The Labute approximate surface area is 181 Å². The van der Waals surface area contributed by atoms with Gasteiger partial charge in [0.25, 0.3) is 5.91 Å². The van der Waals surface area contributed by atoms with Gasteiger partial charge in [-0.3, -0.25) is 14.5 Å². The number of carbonyl (C=O) groups is 3. The Hall–Kier alpha value is -2.96. The van der Waals surface area contributed by atoms with Crippen LogP contribution in [-0.4, -0.2) is 39.3 Å². The summed E-state index contributed by atoms with van der Waals surface area (Å²) in [6.45, 7) is 6.15. The van der Waals surface area contributed by atoms with Gasteiger partial charge in [0.1, 0.15) is 11.4 Å². The van der Waals surface area contributed by atoms with Crippen molar-refractivity contribution in [3.63, 3.8) is 0 Å². The number of nitrogens with one attached hydrogen (secondary N) is 1. The van der Waals surface area contributed by atoms with E-state index in [2.05, 4.69) is 12.2 Å². The molecule has 31 heavy (non-hydrogen) atoms. The molecule has 4 rings (SSSR count). The summed E-state index contributed by atoms with van der Waals surface area (Å²) >= 11 is 0. The summed E-state index contributed by atoms with van der Waals surface area (Å²) in [7, 11) is 0. The van der Waals surface area contributed by atoms with E-state index in [9.17, 15) is 18.8 Å². The molecule has 1 aromatic carbocycles. The van der Waals surface area contributed by atoms with Gasteiger partial charge in [-0.2, -0.15) is 0 Å². The van der Waals surface area contributed by atoms with Crippen molar-refractivity contribution in [1.82, 2.24) is 14.8 Å². The SMILES string of the molecule is Cc1cc(C(=O)CN2C(=O)NC3(CCC(C)CC3)C2=O)c(C)n1Cc1ccc(F)cc1. The molecule has 1 aliphatic heterocycles. The maximum absolute atomic E-state index is 13.2. The highest BCUT2D eigenvalue weighted by atomic mass is 19.1. The van der Waals surface area contributed by atoms with Gasteiger partial charge in [-0.1, -0.05) is 19.1 Å². The van der Waals surface area contributed by atoms with Crippen molar-refractivity contribution in [2.45, 2.75) is 58.5 Å². The number of ketones is 1. The highest BCUT2D eigenvalue weighted by Gasteiger charge is 2.52. The average Bonchev–Trinajstić information content (AvgIpc) is 3.14. The number of Topliss-reactive ketones (excluding diaryl/α,β-unsaturated/α-hetero) is 1. The first-order valence-corrected chi connectivity index (χ1v) is 10.8. The molecule has 7 heteroatoms. The molecule has 2 aromatic rings. The summed E-state index contributed by atoms with van der Waals surface area (Å²) in [4.78, 5) is 39.7. The third-order valence-corrected chi connectivity index (χ3v) is 6.80. The monoisotopic (exact) mass is 425 g/mol. The molecule has 6 nitrogen and oxygen atoms in total. The second kappa shape index (κ2) is 7.94. The third kappa shape index (κ3) is 3.89. The normalized spacial score (nSPS) is 23.5. The van der Waals surface area contributed by atoms with Crippen LogP contribution in [0.4, 0.5) is 9.18 Å². The van der Waals surface area contributed by atoms with Gasteiger partial charge < -0.3 is 9.88 Å². The number of hydrogen-bond donors (Lipinski definition) is 1. The number of rotatable bonds is 5. The molecular formula is C24H28FN3O3. The van der Waals surface area contributed by atoms with Crippen molar-refractivity contribution in [3.05, 3.63) is 58.7 Å². The van der Waals surface area contributed by atoms with E-state index in [1.54, 1.807) is 18.2 Å². The number of aromatic nitrogens is 1. The van der Waals surface area contributed by atoms with E-state index in [1.807, 2.05) is 18.4 Å². The largest absolute Gasteiger partial charge is 0.344 e. The van der Waals surface area contributed by atoms with Crippen molar-refractivity contribution in [3.8, 4) is 0 Å². The van der Waals surface area contributed by atoms with Crippen LogP contribution in [0.3, 0.4) is 0 Å². The zero-order valence-corrected chi connectivity index (χ0v) is 18.2. The number of urea groups is 1. The van der Waals surface area contributed by atoms with Crippen LogP contribution in [0.5, 0.6) is 0 Å². The summed E-state index contributed by atoms with van der Waals surface area (Å²) < 4.78 is 15.2. The van der Waals surface area contributed by atoms with Crippen LogP contribution in [-0.2, 0) is 11.3 Å². The fourth-order valence-corrected chi connectivity index (χ4v) is 4.74. The number of amides is 3. The molecule has 2 heterocycles. The predicted octanol–water partition coefficient (Wildman–Crippen LogP) is 3.98. The van der Waals surface area contributed by atoms with Gasteiger partial charge in [0.05, 0.1) is 6.54 Å². The smallest absolute Gasteiger partial charge is 0.325 e. The first kappa shape index (κ1) is 21.3. The van der Waals surface area contributed by atoms with Gasteiger partial charge in [0.2, 0.25) is 0 Å². The zero-order chi connectivity index (χ0) is 22.3. The lowest BCUT2D eigenvalue weighted by molar-refractivity contribution is -0.132. The summed E-state index contributed by atoms with van der Waals surface area (Å²) in [5.74, 6) is -0.294. The van der Waals surface area contributed by atoms with Gasteiger partial charge in [0.15, 0.2) is 5.78 Å². The quantitative estimate of drug-likeness (QED) is 0.582. The summed E-state index contributed by atoms with van der Waals surface area (Å²) in [6, 6.07) is 7.57. The molecule has 1 saturated heterocycles. The Kier molecular flexibility index (Phi) is 5.45. The van der Waals surface area contributed by atoms with E-state index in [0.29, 0.717) is 30.9 Å². The summed E-state index contributed by atoms with van der Waals surface area (Å²) in [5, 5.41) is 2.86. The highest BCUT2D eigenvalue weighted by Crippen LogP contribution is 2.36. The van der Waals surface area contributed by atoms with Crippen LogP contribution in [0.25, 0.3) is 0 Å². The Balaban J connectivity index is 1.51. The fourth-order valence-electron chi connectivity index (χ4n) is 4.74. The predicted molar refractivity (Wildman–Crippen MR) is 114 cm³/mol. The molecule has 0 unspecified atom stereocenters. The number of carbonyl (C=O) groups excluding carboxylic acids is 3. The third-order valence-electron chi connectivity index (χ3n) is 6.80. The maximum Gasteiger partial charge on any atom is 0.325 e. The molecule has 164 valence electrons. The van der Waals surface area contributed by atoms with E-state index in [-0.39, 0.29) is 24.1 Å². The molecule has 1 spiro atoms. The number of hydrogen-bond acceptors (Lipinski definition) is 3. The molecule has 0 bridgehead atoms. The van der Waals surface area contributed by atoms with E-state index in [1.165, 1.54) is 12.1 Å². The van der Waals surface area contributed by atoms with Gasteiger partial charge in [-0.05, 0) is 69.2 Å². The lowest BCUT2D eigenvalue weighted by atomic mass is 9.77. The lowest BCUT2D eigenvalue weighted by Crippen LogP contribution is -2.49. The van der Waals surface area contributed by atoms with Crippen molar-refractivity contribution < 1.29 is 18.8 Å². The molecule has 1 aromatic heterocycles. The van der Waals surface area contributed by atoms with E-state index in [4.69, 9.17) is 0 Å². The first-order chi connectivity index (χ1) is 14.7.